The second-order valence-electron chi connectivity index (χ2n) is 6.67. The average Bonchev–Trinajstić information content (AvgIpc) is 3.13. The maximum atomic E-state index is 12.4. The fourth-order valence-electron chi connectivity index (χ4n) is 2.97. The van der Waals surface area contributed by atoms with E-state index in [0.29, 0.717) is 11.7 Å². The molecule has 3 rings (SSSR count). The van der Waals surface area contributed by atoms with Crippen LogP contribution in [-0.4, -0.2) is 72.8 Å². The lowest BCUT2D eigenvalue weighted by Crippen LogP contribution is -2.38. The largest absolute Gasteiger partial charge is 0.378 e. The van der Waals surface area contributed by atoms with E-state index in [4.69, 9.17) is 4.74 Å². The first-order valence-electron chi connectivity index (χ1n) is 9.58. The minimum atomic E-state index is -0.217. The van der Waals surface area contributed by atoms with Crippen molar-refractivity contribution in [2.75, 3.05) is 61.5 Å². The number of aromatic nitrogens is 2. The number of morpholine rings is 1. The zero-order chi connectivity index (χ0) is 20.6. The fraction of sp³-hybridized carbons (Fsp3) is 0.474. The lowest BCUT2D eigenvalue weighted by atomic mass is 10.2. The minimum Gasteiger partial charge on any atom is -0.378 e. The number of carbonyl (C=O) groups excluding carboxylic acids is 2. The molecule has 29 heavy (non-hydrogen) atoms. The van der Waals surface area contributed by atoms with Crippen LogP contribution in [-0.2, 0) is 14.3 Å². The summed E-state index contributed by atoms with van der Waals surface area (Å²) in [5, 5.41) is 14.6. The van der Waals surface area contributed by atoms with Crippen molar-refractivity contribution in [1.82, 2.24) is 15.1 Å². The lowest BCUT2D eigenvalue weighted by Gasteiger charge is -2.29. The van der Waals surface area contributed by atoms with E-state index in [-0.39, 0.29) is 24.9 Å². The second kappa shape index (κ2) is 10.3. The van der Waals surface area contributed by atoms with Crippen LogP contribution in [0.1, 0.15) is 11.9 Å². The Bertz CT molecular complexity index is 820. The molecule has 2 N–H and O–H groups in total. The summed E-state index contributed by atoms with van der Waals surface area (Å²) in [6.45, 7) is 7.76. The topological polar surface area (TPSA) is 99.7 Å². The Kier molecular flexibility index (Phi) is 7.50. The first kappa shape index (κ1) is 21.2. The van der Waals surface area contributed by atoms with E-state index in [0.717, 1.165) is 42.7 Å². The number of ether oxygens (including phenoxy) is 1. The molecule has 0 aliphatic carbocycles. The molecule has 1 aliphatic heterocycles. The maximum Gasteiger partial charge on any atom is 0.240 e. The van der Waals surface area contributed by atoms with E-state index in [1.807, 2.05) is 38.1 Å². The zero-order valence-corrected chi connectivity index (χ0v) is 17.5. The predicted octanol–water partition coefficient (Wildman–Crippen LogP) is 1.58. The fourth-order valence-corrected chi connectivity index (χ4v) is 3.58. The van der Waals surface area contributed by atoms with Crippen molar-refractivity contribution in [3.63, 3.8) is 0 Å². The molecule has 0 atom stereocenters. The van der Waals surface area contributed by atoms with Crippen molar-refractivity contribution >= 4 is 39.7 Å². The Balaban J connectivity index is 1.47. The number of aryl methyl sites for hydroxylation is 1. The standard InChI is InChI=1S/C19H26N6O3S/c1-3-24(13-18(27)21-19-23-22-14(2)29-19)12-17(26)20-15-4-6-16(7-5-15)25-8-10-28-11-9-25/h4-7H,3,8-13H2,1-2H3,(H,20,26)(H,21,23,27). The number of hydrogen-bond donors (Lipinski definition) is 2. The van der Waals surface area contributed by atoms with Crippen molar-refractivity contribution < 1.29 is 14.3 Å². The van der Waals surface area contributed by atoms with Crippen LogP contribution >= 0.6 is 11.3 Å². The zero-order valence-electron chi connectivity index (χ0n) is 16.7. The molecule has 0 spiro atoms. The Morgan fingerprint density at radius 2 is 1.76 bits per heavy atom. The lowest BCUT2D eigenvalue weighted by molar-refractivity contribution is -0.119. The number of hydrogen-bond acceptors (Lipinski definition) is 8. The molecule has 1 saturated heterocycles. The van der Waals surface area contributed by atoms with Crippen molar-refractivity contribution in [3.8, 4) is 0 Å². The summed E-state index contributed by atoms with van der Waals surface area (Å²) in [4.78, 5) is 28.6. The number of benzene rings is 1. The molecule has 2 heterocycles. The molecule has 0 saturated carbocycles. The van der Waals surface area contributed by atoms with E-state index in [1.165, 1.54) is 11.3 Å². The van der Waals surface area contributed by atoms with Crippen LogP contribution in [0.5, 0.6) is 0 Å². The maximum absolute atomic E-state index is 12.4. The second-order valence-corrected chi connectivity index (χ2v) is 7.85. The molecular formula is C19H26N6O3S. The Morgan fingerprint density at radius 3 is 2.34 bits per heavy atom. The van der Waals surface area contributed by atoms with Gasteiger partial charge in [0.2, 0.25) is 16.9 Å². The van der Waals surface area contributed by atoms with Gasteiger partial charge in [-0.15, -0.1) is 10.2 Å². The van der Waals surface area contributed by atoms with Crippen LogP contribution in [0.3, 0.4) is 0 Å². The van der Waals surface area contributed by atoms with Gasteiger partial charge in [0.1, 0.15) is 5.01 Å². The van der Waals surface area contributed by atoms with E-state index in [2.05, 4.69) is 25.7 Å². The molecule has 9 nitrogen and oxygen atoms in total. The van der Waals surface area contributed by atoms with E-state index < -0.39 is 0 Å². The van der Waals surface area contributed by atoms with Crippen molar-refractivity contribution in [1.29, 1.82) is 0 Å². The summed E-state index contributed by atoms with van der Waals surface area (Å²) in [7, 11) is 0. The third-order valence-corrected chi connectivity index (χ3v) is 5.24. The van der Waals surface area contributed by atoms with Crippen molar-refractivity contribution in [3.05, 3.63) is 29.3 Å². The predicted molar refractivity (Wildman–Crippen MR) is 113 cm³/mol. The number of rotatable bonds is 8. The molecule has 1 aliphatic rings. The summed E-state index contributed by atoms with van der Waals surface area (Å²) in [5.41, 5.74) is 1.85. The van der Waals surface area contributed by atoms with Gasteiger partial charge in [0, 0.05) is 24.5 Å². The molecule has 10 heteroatoms. The van der Waals surface area contributed by atoms with Crippen LogP contribution < -0.4 is 15.5 Å². The van der Waals surface area contributed by atoms with Gasteiger partial charge in [-0.25, -0.2) is 0 Å². The monoisotopic (exact) mass is 418 g/mol. The summed E-state index contributed by atoms with van der Waals surface area (Å²) < 4.78 is 5.37. The number of carbonyl (C=O) groups is 2. The van der Waals surface area contributed by atoms with Gasteiger partial charge in [-0.05, 0) is 37.7 Å². The number of nitrogens with zero attached hydrogens (tertiary/aromatic N) is 4. The normalized spacial score (nSPS) is 14.1. The Morgan fingerprint density at radius 1 is 1.10 bits per heavy atom. The number of likely N-dealkylation sites (N-methyl/N-ethyl adjacent to an activating group) is 1. The van der Waals surface area contributed by atoms with Gasteiger partial charge >= 0.3 is 0 Å². The van der Waals surface area contributed by atoms with Gasteiger partial charge in [-0.3, -0.25) is 19.8 Å². The Hall–Kier alpha value is -2.56. The summed E-state index contributed by atoms with van der Waals surface area (Å²) >= 11 is 1.32. The number of anilines is 3. The summed E-state index contributed by atoms with van der Waals surface area (Å²) in [6, 6.07) is 7.78. The highest BCUT2D eigenvalue weighted by atomic mass is 32.1. The molecule has 156 valence electrons. The molecule has 2 aromatic rings. The quantitative estimate of drug-likeness (QED) is 0.671. The molecular weight excluding hydrogens is 392 g/mol. The first-order chi connectivity index (χ1) is 14.0. The van der Waals surface area contributed by atoms with Gasteiger partial charge in [-0.2, -0.15) is 0 Å². The molecule has 2 amide bonds. The molecule has 0 bridgehead atoms. The van der Waals surface area contributed by atoms with Crippen LogP contribution in [0.15, 0.2) is 24.3 Å². The van der Waals surface area contributed by atoms with E-state index >= 15 is 0 Å². The van der Waals surface area contributed by atoms with Crippen LogP contribution in [0.2, 0.25) is 0 Å². The van der Waals surface area contributed by atoms with Crippen LogP contribution in [0.25, 0.3) is 0 Å². The van der Waals surface area contributed by atoms with Gasteiger partial charge in [0.25, 0.3) is 0 Å². The van der Waals surface area contributed by atoms with E-state index in [1.54, 1.807) is 4.90 Å². The molecule has 0 radical (unpaired) electrons. The minimum absolute atomic E-state index is 0.110. The SMILES string of the molecule is CCN(CC(=O)Nc1ccc(N2CCOCC2)cc1)CC(=O)Nc1nnc(C)s1. The van der Waals surface area contributed by atoms with Gasteiger partial charge in [0.15, 0.2) is 0 Å². The highest BCUT2D eigenvalue weighted by Crippen LogP contribution is 2.19. The number of amides is 2. The van der Waals surface area contributed by atoms with Gasteiger partial charge < -0.3 is 15.0 Å². The van der Waals surface area contributed by atoms with Crippen molar-refractivity contribution in [2.24, 2.45) is 0 Å². The van der Waals surface area contributed by atoms with Gasteiger partial charge in [-0.1, -0.05) is 18.3 Å². The summed E-state index contributed by atoms with van der Waals surface area (Å²) in [5.74, 6) is -0.379. The smallest absolute Gasteiger partial charge is 0.240 e. The molecule has 1 aromatic carbocycles. The average molecular weight is 419 g/mol. The van der Waals surface area contributed by atoms with Crippen LogP contribution in [0, 0.1) is 6.92 Å². The highest BCUT2D eigenvalue weighted by molar-refractivity contribution is 7.15. The third-order valence-electron chi connectivity index (χ3n) is 4.48. The Labute approximate surface area is 174 Å². The van der Waals surface area contributed by atoms with Crippen LogP contribution in [0.4, 0.5) is 16.5 Å². The molecule has 0 unspecified atom stereocenters. The highest BCUT2D eigenvalue weighted by Gasteiger charge is 2.15. The third kappa shape index (κ3) is 6.48. The molecule has 1 fully saturated rings. The van der Waals surface area contributed by atoms with E-state index in [9.17, 15) is 9.59 Å². The van der Waals surface area contributed by atoms with Gasteiger partial charge in [0.05, 0.1) is 26.3 Å². The number of nitrogens with one attached hydrogen (secondary N) is 2. The molecule has 1 aromatic heterocycles. The summed E-state index contributed by atoms with van der Waals surface area (Å²) in [6.07, 6.45) is 0. The first-order valence-corrected chi connectivity index (χ1v) is 10.4. The van der Waals surface area contributed by atoms with Crippen molar-refractivity contribution in [2.45, 2.75) is 13.8 Å².